The second kappa shape index (κ2) is 9.30. The molecule has 0 aliphatic rings. The van der Waals surface area contributed by atoms with Gasteiger partial charge in [0.15, 0.2) is 0 Å². The fourth-order valence-electron chi connectivity index (χ4n) is 2.31. The van der Waals surface area contributed by atoms with Gasteiger partial charge in [0.25, 0.3) is 0 Å². The maximum atomic E-state index is 12.2. The Kier molecular flexibility index (Phi) is 7.75. The summed E-state index contributed by atoms with van der Waals surface area (Å²) in [6.45, 7) is 7.61. The molecule has 0 saturated heterocycles. The Labute approximate surface area is 139 Å². The molecule has 0 unspecified atom stereocenters. The molecule has 2 amide bonds. The molecule has 0 heterocycles. The van der Waals surface area contributed by atoms with E-state index in [2.05, 4.69) is 19.2 Å². The first-order valence-corrected chi connectivity index (χ1v) is 8.10. The molecule has 0 aliphatic carbocycles. The molecular formula is C18H29N3O2. The first-order chi connectivity index (χ1) is 10.8. The average Bonchev–Trinajstić information content (AvgIpc) is 2.46. The number of hydrogen-bond acceptors (Lipinski definition) is 3. The van der Waals surface area contributed by atoms with Crippen LogP contribution in [0.15, 0.2) is 24.3 Å². The van der Waals surface area contributed by atoms with Crippen LogP contribution in [0.2, 0.25) is 0 Å². The molecule has 0 aliphatic heterocycles. The Hall–Kier alpha value is -1.88. The molecule has 23 heavy (non-hydrogen) atoms. The second-order valence-electron chi connectivity index (χ2n) is 6.35. The van der Waals surface area contributed by atoms with Gasteiger partial charge in [0.2, 0.25) is 11.8 Å². The van der Waals surface area contributed by atoms with Crippen molar-refractivity contribution < 1.29 is 9.59 Å². The van der Waals surface area contributed by atoms with Gasteiger partial charge in [-0.15, -0.1) is 0 Å². The van der Waals surface area contributed by atoms with Crippen molar-refractivity contribution in [2.45, 2.75) is 33.1 Å². The molecule has 128 valence electrons. The maximum Gasteiger partial charge on any atom is 0.226 e. The van der Waals surface area contributed by atoms with E-state index in [0.29, 0.717) is 25.4 Å². The molecular weight excluding hydrogens is 290 g/mol. The van der Waals surface area contributed by atoms with Crippen molar-refractivity contribution in [2.75, 3.05) is 39.0 Å². The second-order valence-corrected chi connectivity index (χ2v) is 6.35. The fraction of sp³-hybridized carbons (Fsp3) is 0.556. The molecule has 0 bridgehead atoms. The molecule has 1 aromatic rings. The quantitative estimate of drug-likeness (QED) is 0.801. The Morgan fingerprint density at radius 3 is 2.30 bits per heavy atom. The molecule has 1 N–H and O–H groups in total. The minimum Gasteiger partial charge on any atom is -0.341 e. The summed E-state index contributed by atoms with van der Waals surface area (Å²) < 4.78 is 0. The number of hydrogen-bond donors (Lipinski definition) is 1. The smallest absolute Gasteiger partial charge is 0.226 e. The highest BCUT2D eigenvalue weighted by molar-refractivity contribution is 5.92. The van der Waals surface area contributed by atoms with Gasteiger partial charge in [-0.1, -0.05) is 32.0 Å². The lowest BCUT2D eigenvalue weighted by Gasteiger charge is -2.23. The first kappa shape index (κ1) is 19.2. The minimum atomic E-state index is -0.0609. The first-order valence-electron chi connectivity index (χ1n) is 8.10. The standard InChI is InChI=1S/C18H29N3O2/c1-14(2)16-8-6-7-9-17(16)19-18(23)10-11-21(15(3)22)13-12-20(4)5/h6-9,14H,10-13H2,1-5H3,(H,19,23). The van der Waals surface area contributed by atoms with Crippen molar-refractivity contribution in [1.29, 1.82) is 0 Å². The maximum absolute atomic E-state index is 12.2. The van der Waals surface area contributed by atoms with Crippen LogP contribution >= 0.6 is 0 Å². The lowest BCUT2D eigenvalue weighted by Crippen LogP contribution is -2.37. The molecule has 1 aromatic carbocycles. The van der Waals surface area contributed by atoms with Crippen LogP contribution in [0.3, 0.4) is 0 Å². The van der Waals surface area contributed by atoms with E-state index in [1.807, 2.05) is 43.3 Å². The number of rotatable bonds is 8. The monoisotopic (exact) mass is 319 g/mol. The molecule has 0 saturated carbocycles. The van der Waals surface area contributed by atoms with Crippen LogP contribution in [0, 0.1) is 0 Å². The van der Waals surface area contributed by atoms with E-state index in [0.717, 1.165) is 17.8 Å². The van der Waals surface area contributed by atoms with E-state index in [1.54, 1.807) is 11.8 Å². The van der Waals surface area contributed by atoms with Crippen molar-refractivity contribution >= 4 is 17.5 Å². The minimum absolute atomic E-state index is 0.00207. The molecule has 0 spiro atoms. The van der Waals surface area contributed by atoms with Gasteiger partial charge in [0.05, 0.1) is 0 Å². The number of likely N-dealkylation sites (N-methyl/N-ethyl adjacent to an activating group) is 1. The molecule has 0 radical (unpaired) electrons. The normalized spacial score (nSPS) is 10.9. The summed E-state index contributed by atoms with van der Waals surface area (Å²) in [4.78, 5) is 27.6. The van der Waals surface area contributed by atoms with E-state index < -0.39 is 0 Å². The van der Waals surface area contributed by atoms with E-state index >= 15 is 0 Å². The number of benzene rings is 1. The zero-order valence-corrected chi connectivity index (χ0v) is 14.9. The summed E-state index contributed by atoms with van der Waals surface area (Å²) >= 11 is 0. The van der Waals surface area contributed by atoms with Crippen molar-refractivity contribution in [3.05, 3.63) is 29.8 Å². The van der Waals surface area contributed by atoms with Crippen LogP contribution in [0.4, 0.5) is 5.69 Å². The molecule has 0 aromatic heterocycles. The number of nitrogens with one attached hydrogen (secondary N) is 1. The summed E-state index contributed by atoms with van der Waals surface area (Å²) in [5.41, 5.74) is 1.98. The number of carbonyl (C=O) groups is 2. The summed E-state index contributed by atoms with van der Waals surface area (Å²) in [6, 6.07) is 7.84. The van der Waals surface area contributed by atoms with E-state index in [4.69, 9.17) is 0 Å². The Morgan fingerprint density at radius 2 is 1.74 bits per heavy atom. The molecule has 0 fully saturated rings. The van der Waals surface area contributed by atoms with Gasteiger partial charge in [-0.25, -0.2) is 0 Å². The molecule has 0 atom stereocenters. The number of anilines is 1. The largest absolute Gasteiger partial charge is 0.341 e. The zero-order valence-electron chi connectivity index (χ0n) is 14.9. The predicted molar refractivity (Wildman–Crippen MR) is 94.6 cm³/mol. The molecule has 5 nitrogen and oxygen atoms in total. The van der Waals surface area contributed by atoms with Crippen LogP contribution < -0.4 is 5.32 Å². The Balaban J connectivity index is 2.57. The third-order valence-corrected chi connectivity index (χ3v) is 3.73. The summed E-state index contributed by atoms with van der Waals surface area (Å²) in [5.74, 6) is 0.289. The highest BCUT2D eigenvalue weighted by Gasteiger charge is 2.13. The topological polar surface area (TPSA) is 52.7 Å². The Bertz CT molecular complexity index is 527. The van der Waals surface area contributed by atoms with Crippen LogP contribution in [0.5, 0.6) is 0 Å². The molecule has 5 heteroatoms. The predicted octanol–water partition coefficient (Wildman–Crippen LogP) is 2.55. The third-order valence-electron chi connectivity index (χ3n) is 3.73. The van der Waals surface area contributed by atoms with Crippen LogP contribution in [-0.2, 0) is 9.59 Å². The highest BCUT2D eigenvalue weighted by atomic mass is 16.2. The molecule has 1 rings (SSSR count). The van der Waals surface area contributed by atoms with Crippen LogP contribution in [0.25, 0.3) is 0 Å². The van der Waals surface area contributed by atoms with Gasteiger partial charge in [-0.2, -0.15) is 0 Å². The van der Waals surface area contributed by atoms with Crippen molar-refractivity contribution in [3.8, 4) is 0 Å². The third kappa shape index (κ3) is 6.82. The number of amides is 2. The van der Waals surface area contributed by atoms with Crippen molar-refractivity contribution in [3.63, 3.8) is 0 Å². The van der Waals surface area contributed by atoms with E-state index in [-0.39, 0.29) is 11.8 Å². The number of para-hydroxylation sites is 1. The van der Waals surface area contributed by atoms with E-state index in [9.17, 15) is 9.59 Å². The summed E-state index contributed by atoms with van der Waals surface area (Å²) in [5, 5.41) is 2.96. The summed E-state index contributed by atoms with van der Waals surface area (Å²) in [6.07, 6.45) is 0.305. The van der Waals surface area contributed by atoms with Gasteiger partial charge in [0, 0.05) is 38.7 Å². The Morgan fingerprint density at radius 1 is 1.09 bits per heavy atom. The number of nitrogens with zero attached hydrogens (tertiary/aromatic N) is 2. The van der Waals surface area contributed by atoms with E-state index in [1.165, 1.54) is 0 Å². The van der Waals surface area contributed by atoms with Crippen LogP contribution in [-0.4, -0.2) is 55.3 Å². The fourth-order valence-corrected chi connectivity index (χ4v) is 2.31. The lowest BCUT2D eigenvalue weighted by atomic mass is 10.0. The van der Waals surface area contributed by atoms with Gasteiger partial charge in [-0.3, -0.25) is 9.59 Å². The lowest BCUT2D eigenvalue weighted by molar-refractivity contribution is -0.129. The van der Waals surface area contributed by atoms with Gasteiger partial charge in [0.1, 0.15) is 0 Å². The SMILES string of the molecule is CC(=O)N(CCC(=O)Nc1ccccc1C(C)C)CCN(C)C. The zero-order chi connectivity index (χ0) is 17.4. The average molecular weight is 319 g/mol. The van der Waals surface area contributed by atoms with Gasteiger partial charge < -0.3 is 15.1 Å². The highest BCUT2D eigenvalue weighted by Crippen LogP contribution is 2.23. The van der Waals surface area contributed by atoms with Crippen molar-refractivity contribution in [1.82, 2.24) is 9.80 Å². The van der Waals surface area contributed by atoms with Crippen LogP contribution in [0.1, 0.15) is 38.7 Å². The summed E-state index contributed by atoms with van der Waals surface area (Å²) in [7, 11) is 3.93. The van der Waals surface area contributed by atoms with Gasteiger partial charge in [-0.05, 0) is 31.6 Å². The van der Waals surface area contributed by atoms with Crippen molar-refractivity contribution in [2.24, 2.45) is 0 Å². The van der Waals surface area contributed by atoms with Gasteiger partial charge >= 0.3 is 0 Å². The number of carbonyl (C=O) groups excluding carboxylic acids is 2.